The van der Waals surface area contributed by atoms with Gasteiger partial charge in [0.2, 0.25) is 5.91 Å². The number of rotatable bonds is 6. The lowest BCUT2D eigenvalue weighted by molar-refractivity contribution is -0.133. The van der Waals surface area contributed by atoms with Gasteiger partial charge in [0.1, 0.15) is 6.04 Å². The Bertz CT molecular complexity index is 638. The predicted molar refractivity (Wildman–Crippen MR) is 85.5 cm³/mol. The fraction of sp³-hybridized carbons (Fsp3) is 0.353. The van der Waals surface area contributed by atoms with E-state index in [1.165, 1.54) is 6.26 Å². The smallest absolute Gasteiger partial charge is 0.287 e. The Morgan fingerprint density at radius 2 is 2.09 bits per heavy atom. The minimum atomic E-state index is -0.616. The van der Waals surface area contributed by atoms with E-state index in [0.717, 1.165) is 5.56 Å². The van der Waals surface area contributed by atoms with Gasteiger partial charge < -0.3 is 14.6 Å². The van der Waals surface area contributed by atoms with Crippen molar-refractivity contribution in [3.63, 3.8) is 0 Å². The van der Waals surface area contributed by atoms with Crippen molar-refractivity contribution in [1.82, 2.24) is 15.2 Å². The highest BCUT2D eigenvalue weighted by atomic mass is 16.3. The van der Waals surface area contributed by atoms with Crippen LogP contribution in [0, 0.1) is 5.92 Å². The number of hydrogen-bond donors (Lipinski definition) is 1. The lowest BCUT2D eigenvalue weighted by atomic mass is 10.0. The van der Waals surface area contributed by atoms with Crippen LogP contribution in [-0.2, 0) is 11.3 Å². The van der Waals surface area contributed by atoms with Gasteiger partial charge >= 0.3 is 0 Å². The monoisotopic (exact) mass is 315 g/mol. The van der Waals surface area contributed by atoms with Crippen molar-refractivity contribution in [1.29, 1.82) is 0 Å². The third kappa shape index (κ3) is 4.42. The number of nitrogens with zero attached hydrogens (tertiary/aromatic N) is 2. The number of aromatic nitrogens is 1. The number of carbonyl (C=O) groups excluding carboxylic acids is 2. The molecule has 2 rings (SSSR count). The van der Waals surface area contributed by atoms with Gasteiger partial charge in [0.25, 0.3) is 5.91 Å². The Hall–Kier alpha value is -2.63. The number of amides is 2. The van der Waals surface area contributed by atoms with Crippen molar-refractivity contribution >= 4 is 11.8 Å². The first kappa shape index (κ1) is 16.7. The highest BCUT2D eigenvalue weighted by Gasteiger charge is 2.28. The van der Waals surface area contributed by atoms with Crippen LogP contribution in [-0.4, -0.2) is 34.8 Å². The summed E-state index contributed by atoms with van der Waals surface area (Å²) in [7, 11) is 1.71. The fourth-order valence-electron chi connectivity index (χ4n) is 2.21. The predicted octanol–water partition coefficient (Wildman–Crippen LogP) is 2.09. The summed E-state index contributed by atoms with van der Waals surface area (Å²) < 4.78 is 5.07. The average molecular weight is 315 g/mol. The lowest BCUT2D eigenvalue weighted by Gasteiger charge is -2.26. The van der Waals surface area contributed by atoms with Crippen molar-refractivity contribution in [2.75, 3.05) is 7.05 Å². The Morgan fingerprint density at radius 3 is 2.65 bits per heavy atom. The first-order valence-electron chi connectivity index (χ1n) is 7.47. The highest BCUT2D eigenvalue weighted by Crippen LogP contribution is 2.10. The van der Waals surface area contributed by atoms with Crippen molar-refractivity contribution < 1.29 is 14.0 Å². The number of pyridine rings is 1. The van der Waals surface area contributed by atoms with Gasteiger partial charge in [-0.3, -0.25) is 14.6 Å². The normalized spacial score (nSPS) is 12.0. The molecule has 6 heteroatoms. The topological polar surface area (TPSA) is 75.4 Å². The first-order chi connectivity index (χ1) is 11.0. The van der Waals surface area contributed by atoms with Crippen LogP contribution in [0.2, 0.25) is 0 Å². The van der Waals surface area contributed by atoms with Crippen LogP contribution in [0.15, 0.2) is 47.3 Å². The van der Waals surface area contributed by atoms with Crippen LogP contribution in [0.25, 0.3) is 0 Å². The molecule has 1 atom stereocenters. The molecule has 0 spiro atoms. The molecular formula is C17H21N3O3. The average Bonchev–Trinajstić information content (AvgIpc) is 3.07. The zero-order chi connectivity index (χ0) is 16.8. The second-order valence-electron chi connectivity index (χ2n) is 5.73. The fourth-order valence-corrected chi connectivity index (χ4v) is 2.21. The van der Waals surface area contributed by atoms with Crippen molar-refractivity contribution in [3.8, 4) is 0 Å². The number of hydrogen-bond acceptors (Lipinski definition) is 4. The van der Waals surface area contributed by atoms with Crippen LogP contribution in [0.5, 0.6) is 0 Å². The van der Waals surface area contributed by atoms with E-state index in [1.807, 2.05) is 26.0 Å². The van der Waals surface area contributed by atoms with Crippen LogP contribution in [0.3, 0.4) is 0 Å². The molecule has 0 aliphatic heterocycles. The number of furan rings is 1. The first-order valence-corrected chi connectivity index (χ1v) is 7.47. The molecule has 0 bridgehead atoms. The van der Waals surface area contributed by atoms with Gasteiger partial charge in [-0.25, -0.2) is 0 Å². The zero-order valence-corrected chi connectivity index (χ0v) is 13.5. The number of nitrogens with one attached hydrogen (secondary N) is 1. The molecule has 0 aromatic carbocycles. The Balaban J connectivity index is 2.04. The standard InChI is InChI=1S/C17H21N3O3/c1-12(2)15(19-16(21)14-7-5-9-23-14)17(22)20(3)11-13-6-4-8-18-10-13/h4-10,12,15H,11H2,1-3H3,(H,19,21). The van der Waals surface area contributed by atoms with E-state index in [4.69, 9.17) is 4.42 Å². The van der Waals surface area contributed by atoms with E-state index in [1.54, 1.807) is 36.5 Å². The molecule has 6 nitrogen and oxygen atoms in total. The third-order valence-electron chi connectivity index (χ3n) is 3.48. The van der Waals surface area contributed by atoms with E-state index in [-0.39, 0.29) is 17.6 Å². The maximum absolute atomic E-state index is 12.7. The molecule has 1 unspecified atom stereocenters. The largest absolute Gasteiger partial charge is 0.459 e. The molecule has 0 saturated carbocycles. The molecule has 0 radical (unpaired) electrons. The summed E-state index contributed by atoms with van der Waals surface area (Å²) in [6, 6.07) is 6.32. The third-order valence-corrected chi connectivity index (χ3v) is 3.48. The molecule has 0 fully saturated rings. The SMILES string of the molecule is CC(C)C(NC(=O)c1ccco1)C(=O)N(C)Cc1cccnc1. The molecule has 1 N–H and O–H groups in total. The maximum atomic E-state index is 12.7. The lowest BCUT2D eigenvalue weighted by Crippen LogP contribution is -2.49. The van der Waals surface area contributed by atoms with Gasteiger partial charge in [-0.1, -0.05) is 19.9 Å². The minimum Gasteiger partial charge on any atom is -0.459 e. The second-order valence-corrected chi connectivity index (χ2v) is 5.73. The van der Waals surface area contributed by atoms with Gasteiger partial charge in [0.15, 0.2) is 5.76 Å². The van der Waals surface area contributed by atoms with E-state index < -0.39 is 11.9 Å². The van der Waals surface area contributed by atoms with E-state index in [2.05, 4.69) is 10.3 Å². The van der Waals surface area contributed by atoms with Gasteiger partial charge in [0.05, 0.1) is 6.26 Å². The van der Waals surface area contributed by atoms with Crippen LogP contribution in [0.1, 0.15) is 30.0 Å². The molecule has 2 heterocycles. The summed E-state index contributed by atoms with van der Waals surface area (Å²) in [5, 5.41) is 2.75. The Kier molecular flexibility index (Phi) is 5.51. The molecule has 2 aromatic rings. The summed E-state index contributed by atoms with van der Waals surface area (Å²) in [5.74, 6) is -0.392. The van der Waals surface area contributed by atoms with Crippen molar-refractivity contribution in [3.05, 3.63) is 54.2 Å². The number of likely N-dealkylation sites (N-methyl/N-ethyl adjacent to an activating group) is 1. The van der Waals surface area contributed by atoms with Gasteiger partial charge in [-0.15, -0.1) is 0 Å². The highest BCUT2D eigenvalue weighted by molar-refractivity contribution is 5.95. The van der Waals surface area contributed by atoms with Gasteiger partial charge in [-0.05, 0) is 29.7 Å². The number of carbonyl (C=O) groups is 2. The summed E-state index contributed by atoms with van der Waals surface area (Å²) in [6.45, 7) is 4.22. The summed E-state index contributed by atoms with van der Waals surface area (Å²) in [5.41, 5.74) is 0.934. The minimum absolute atomic E-state index is 0.0437. The Labute approximate surface area is 135 Å². The molecule has 0 aliphatic carbocycles. The van der Waals surface area contributed by atoms with Crippen molar-refractivity contribution in [2.45, 2.75) is 26.4 Å². The van der Waals surface area contributed by atoms with E-state index in [0.29, 0.717) is 6.54 Å². The summed E-state index contributed by atoms with van der Waals surface area (Å²) in [4.78, 5) is 30.4. The summed E-state index contributed by atoms with van der Waals surface area (Å²) in [6.07, 6.45) is 4.83. The van der Waals surface area contributed by atoms with Crippen molar-refractivity contribution in [2.24, 2.45) is 5.92 Å². The quantitative estimate of drug-likeness (QED) is 0.885. The molecule has 2 aromatic heterocycles. The molecule has 23 heavy (non-hydrogen) atoms. The Morgan fingerprint density at radius 1 is 1.30 bits per heavy atom. The van der Waals surface area contributed by atoms with Crippen LogP contribution >= 0.6 is 0 Å². The van der Waals surface area contributed by atoms with Gasteiger partial charge in [-0.2, -0.15) is 0 Å². The van der Waals surface area contributed by atoms with Crippen LogP contribution in [0.4, 0.5) is 0 Å². The zero-order valence-electron chi connectivity index (χ0n) is 13.5. The van der Waals surface area contributed by atoms with E-state index in [9.17, 15) is 9.59 Å². The molecule has 122 valence electrons. The molecule has 2 amide bonds. The molecular weight excluding hydrogens is 294 g/mol. The summed E-state index contributed by atoms with van der Waals surface area (Å²) >= 11 is 0. The maximum Gasteiger partial charge on any atom is 0.287 e. The molecule has 0 saturated heterocycles. The van der Waals surface area contributed by atoms with E-state index >= 15 is 0 Å². The molecule has 0 aliphatic rings. The second kappa shape index (κ2) is 7.58. The van der Waals surface area contributed by atoms with Gasteiger partial charge in [0, 0.05) is 26.0 Å². The van der Waals surface area contributed by atoms with Crippen LogP contribution < -0.4 is 5.32 Å².